The van der Waals surface area contributed by atoms with E-state index in [0.29, 0.717) is 10.6 Å². The first kappa shape index (κ1) is 7.58. The standard InChI is InChI=1S/C8H8ClO/c1-6(10)7-4-2-3-5-8(7)9/h2-6,10H,1H2/t6-/m1/s1. The second-order valence-corrected chi connectivity index (χ2v) is 2.44. The lowest BCUT2D eigenvalue weighted by Gasteiger charge is -2.04. The molecule has 1 aromatic carbocycles. The summed E-state index contributed by atoms with van der Waals surface area (Å²) >= 11 is 5.72. The second-order valence-electron chi connectivity index (χ2n) is 2.04. The Morgan fingerprint density at radius 1 is 1.40 bits per heavy atom. The average Bonchev–Trinajstić information content (AvgIpc) is 1.88. The van der Waals surface area contributed by atoms with Gasteiger partial charge in [-0.3, -0.25) is 0 Å². The number of rotatable bonds is 1. The summed E-state index contributed by atoms with van der Waals surface area (Å²) in [5.74, 6) is 0. The Labute approximate surface area is 65.3 Å². The van der Waals surface area contributed by atoms with Gasteiger partial charge in [-0.15, -0.1) is 0 Å². The fraction of sp³-hybridized carbons (Fsp3) is 0.125. The Morgan fingerprint density at radius 3 is 2.40 bits per heavy atom. The summed E-state index contributed by atoms with van der Waals surface area (Å²) in [5, 5.41) is 9.57. The summed E-state index contributed by atoms with van der Waals surface area (Å²) in [6, 6.07) is 7.11. The second kappa shape index (κ2) is 3.04. The molecule has 0 aliphatic rings. The van der Waals surface area contributed by atoms with Crippen molar-refractivity contribution in [3.63, 3.8) is 0 Å². The van der Waals surface area contributed by atoms with E-state index in [2.05, 4.69) is 6.92 Å². The van der Waals surface area contributed by atoms with Gasteiger partial charge < -0.3 is 5.11 Å². The maximum atomic E-state index is 9.01. The van der Waals surface area contributed by atoms with Crippen molar-refractivity contribution in [2.45, 2.75) is 6.10 Å². The first-order valence-electron chi connectivity index (χ1n) is 2.97. The number of benzene rings is 1. The molecule has 0 aliphatic carbocycles. The van der Waals surface area contributed by atoms with Gasteiger partial charge in [0.15, 0.2) is 0 Å². The van der Waals surface area contributed by atoms with Gasteiger partial charge in [0.05, 0.1) is 6.10 Å². The lowest BCUT2D eigenvalue weighted by Crippen LogP contribution is -1.90. The average molecular weight is 156 g/mol. The molecule has 0 aromatic heterocycles. The van der Waals surface area contributed by atoms with Crippen LogP contribution in [0.2, 0.25) is 5.02 Å². The van der Waals surface area contributed by atoms with E-state index in [4.69, 9.17) is 16.7 Å². The minimum absolute atomic E-state index is 0.560. The van der Waals surface area contributed by atoms with E-state index < -0.39 is 6.10 Å². The molecule has 0 saturated carbocycles. The Hall–Kier alpha value is -0.530. The molecular weight excluding hydrogens is 148 g/mol. The Kier molecular flexibility index (Phi) is 2.30. The van der Waals surface area contributed by atoms with E-state index in [-0.39, 0.29) is 0 Å². The van der Waals surface area contributed by atoms with E-state index in [9.17, 15) is 0 Å². The highest BCUT2D eigenvalue weighted by atomic mass is 35.5. The zero-order chi connectivity index (χ0) is 7.56. The highest BCUT2D eigenvalue weighted by Crippen LogP contribution is 2.20. The summed E-state index contributed by atoms with van der Waals surface area (Å²) in [5.41, 5.74) is 0.671. The van der Waals surface area contributed by atoms with Gasteiger partial charge in [-0.2, -0.15) is 0 Å². The predicted octanol–water partition coefficient (Wildman–Crippen LogP) is 2.21. The Bertz CT molecular complexity index is 220. The molecule has 0 spiro atoms. The van der Waals surface area contributed by atoms with Crippen molar-refractivity contribution in [1.82, 2.24) is 0 Å². The minimum atomic E-state index is -0.728. The monoisotopic (exact) mass is 155 g/mol. The van der Waals surface area contributed by atoms with Crippen LogP contribution in [0.4, 0.5) is 0 Å². The van der Waals surface area contributed by atoms with E-state index in [1.54, 1.807) is 12.1 Å². The van der Waals surface area contributed by atoms with Crippen LogP contribution in [0.25, 0.3) is 0 Å². The van der Waals surface area contributed by atoms with Gasteiger partial charge >= 0.3 is 0 Å². The lowest BCUT2D eigenvalue weighted by molar-refractivity contribution is 0.226. The maximum Gasteiger partial charge on any atom is 0.0805 e. The van der Waals surface area contributed by atoms with Crippen molar-refractivity contribution in [2.75, 3.05) is 0 Å². The summed E-state index contributed by atoms with van der Waals surface area (Å²) < 4.78 is 0. The van der Waals surface area contributed by atoms with Gasteiger partial charge in [0.2, 0.25) is 0 Å². The number of halogens is 1. The van der Waals surface area contributed by atoms with Crippen molar-refractivity contribution in [2.24, 2.45) is 0 Å². The van der Waals surface area contributed by atoms with E-state index in [1.165, 1.54) is 0 Å². The topological polar surface area (TPSA) is 20.2 Å². The van der Waals surface area contributed by atoms with Gasteiger partial charge in [0.1, 0.15) is 0 Å². The number of aliphatic hydroxyl groups excluding tert-OH is 1. The maximum absolute atomic E-state index is 9.01. The van der Waals surface area contributed by atoms with Crippen LogP contribution < -0.4 is 0 Å². The molecular formula is C8H8ClO. The fourth-order valence-corrected chi connectivity index (χ4v) is 1.01. The van der Waals surface area contributed by atoms with Crippen LogP contribution in [0.15, 0.2) is 24.3 Å². The van der Waals surface area contributed by atoms with Gasteiger partial charge in [-0.25, -0.2) is 0 Å². The molecule has 1 atom stereocenters. The highest BCUT2D eigenvalue weighted by Gasteiger charge is 2.03. The van der Waals surface area contributed by atoms with E-state index >= 15 is 0 Å². The molecule has 0 heterocycles. The van der Waals surface area contributed by atoms with Crippen molar-refractivity contribution in [1.29, 1.82) is 0 Å². The molecule has 0 bridgehead atoms. The molecule has 0 unspecified atom stereocenters. The van der Waals surface area contributed by atoms with E-state index in [0.717, 1.165) is 0 Å². The first-order chi connectivity index (χ1) is 4.72. The van der Waals surface area contributed by atoms with Crippen molar-refractivity contribution in [3.05, 3.63) is 41.8 Å². The molecule has 1 aromatic rings. The molecule has 2 heteroatoms. The molecule has 1 rings (SSSR count). The highest BCUT2D eigenvalue weighted by molar-refractivity contribution is 6.31. The summed E-state index contributed by atoms with van der Waals surface area (Å²) in [4.78, 5) is 0. The van der Waals surface area contributed by atoms with Gasteiger partial charge in [-0.05, 0) is 18.6 Å². The largest absolute Gasteiger partial charge is 0.388 e. The zero-order valence-corrected chi connectivity index (χ0v) is 6.17. The summed E-state index contributed by atoms with van der Waals surface area (Å²) in [7, 11) is 0. The number of aliphatic hydroxyl groups is 1. The third-order valence-electron chi connectivity index (χ3n) is 1.26. The lowest BCUT2D eigenvalue weighted by atomic mass is 10.1. The van der Waals surface area contributed by atoms with Gasteiger partial charge in [0, 0.05) is 5.02 Å². The third-order valence-corrected chi connectivity index (χ3v) is 1.61. The van der Waals surface area contributed by atoms with Crippen LogP contribution in [0, 0.1) is 6.92 Å². The number of hydrogen-bond acceptors (Lipinski definition) is 1. The summed E-state index contributed by atoms with van der Waals surface area (Å²) in [6.07, 6.45) is -0.728. The third kappa shape index (κ3) is 1.49. The van der Waals surface area contributed by atoms with Crippen LogP contribution >= 0.6 is 11.6 Å². The van der Waals surface area contributed by atoms with Crippen LogP contribution in [-0.2, 0) is 0 Å². The zero-order valence-electron chi connectivity index (χ0n) is 5.42. The summed E-state index contributed by atoms with van der Waals surface area (Å²) in [6.45, 7) is 3.44. The van der Waals surface area contributed by atoms with Crippen LogP contribution in [0.3, 0.4) is 0 Å². The molecule has 1 N–H and O–H groups in total. The van der Waals surface area contributed by atoms with Gasteiger partial charge in [-0.1, -0.05) is 29.8 Å². The van der Waals surface area contributed by atoms with Crippen LogP contribution in [-0.4, -0.2) is 5.11 Å². The van der Waals surface area contributed by atoms with Crippen LogP contribution in [0.1, 0.15) is 11.7 Å². The predicted molar refractivity (Wildman–Crippen MR) is 41.8 cm³/mol. The quantitative estimate of drug-likeness (QED) is 0.660. The minimum Gasteiger partial charge on any atom is -0.388 e. The van der Waals surface area contributed by atoms with Crippen molar-refractivity contribution < 1.29 is 5.11 Å². The molecule has 0 amide bonds. The van der Waals surface area contributed by atoms with Crippen molar-refractivity contribution >= 4 is 11.6 Å². The smallest absolute Gasteiger partial charge is 0.0805 e. The SMILES string of the molecule is [CH2][C@@H](O)c1ccccc1Cl. The fourth-order valence-electron chi connectivity index (χ4n) is 0.745. The van der Waals surface area contributed by atoms with Crippen LogP contribution in [0.5, 0.6) is 0 Å². The normalized spacial score (nSPS) is 13.1. The molecule has 10 heavy (non-hydrogen) atoms. The molecule has 1 radical (unpaired) electrons. The van der Waals surface area contributed by atoms with Crippen molar-refractivity contribution in [3.8, 4) is 0 Å². The Balaban J connectivity index is 3.03. The molecule has 0 aliphatic heterocycles. The molecule has 0 saturated heterocycles. The van der Waals surface area contributed by atoms with Gasteiger partial charge in [0.25, 0.3) is 0 Å². The van der Waals surface area contributed by atoms with E-state index in [1.807, 2.05) is 12.1 Å². The molecule has 1 nitrogen and oxygen atoms in total. The number of hydrogen-bond donors (Lipinski definition) is 1. The first-order valence-corrected chi connectivity index (χ1v) is 3.35. The Morgan fingerprint density at radius 2 is 2.00 bits per heavy atom. The molecule has 53 valence electrons. The molecule has 0 fully saturated rings.